The molecule has 0 radical (unpaired) electrons. The number of H-pyrrole nitrogens is 1. The number of imidazole rings is 1. The van der Waals surface area contributed by atoms with Crippen molar-refractivity contribution >= 4 is 56.6 Å². The van der Waals surface area contributed by atoms with E-state index in [1.807, 2.05) is 19.1 Å². The Hall–Kier alpha value is -2.30. The number of hydrogen-bond acceptors (Lipinski definition) is 4. The molecule has 0 amide bonds. The van der Waals surface area contributed by atoms with E-state index in [0.29, 0.717) is 16.1 Å². The quantitative estimate of drug-likeness (QED) is 0.272. The van der Waals surface area contributed by atoms with Gasteiger partial charge in [-0.25, -0.2) is 4.98 Å². The summed E-state index contributed by atoms with van der Waals surface area (Å²) in [6.45, 7) is 1.58. The summed E-state index contributed by atoms with van der Waals surface area (Å²) in [5, 5.41) is 10.0. The fourth-order valence-electron chi connectivity index (χ4n) is 3.09. The lowest BCUT2D eigenvalue weighted by Crippen LogP contribution is -2.17. The Labute approximate surface area is 216 Å². The van der Waals surface area contributed by atoms with Gasteiger partial charge in [0.15, 0.2) is 0 Å². The summed E-state index contributed by atoms with van der Waals surface area (Å²) in [5.41, 5.74) is 2.02. The molecule has 0 spiro atoms. The number of para-hydroxylation sites is 1. The van der Waals surface area contributed by atoms with Gasteiger partial charge in [0.2, 0.25) is 0 Å². The number of rotatable bonds is 4. The zero-order valence-electron chi connectivity index (χ0n) is 18.2. The summed E-state index contributed by atoms with van der Waals surface area (Å²) in [4.78, 5) is 7.70. The van der Waals surface area contributed by atoms with Crippen LogP contribution in [0.1, 0.15) is 11.4 Å². The van der Waals surface area contributed by atoms with Crippen molar-refractivity contribution in [3.63, 3.8) is 0 Å². The number of aliphatic hydroxyl groups excluding tert-OH is 1. The van der Waals surface area contributed by atoms with E-state index in [9.17, 15) is 17.4 Å². The molecule has 4 rings (SSSR count). The number of benzene rings is 3. The third-order valence-corrected chi connectivity index (χ3v) is 6.72. The van der Waals surface area contributed by atoms with E-state index in [4.69, 9.17) is 39.9 Å². The number of alkyl halides is 3. The lowest BCUT2D eigenvalue weighted by molar-refractivity contribution is -0.274. The fourth-order valence-corrected chi connectivity index (χ4v) is 4.58. The summed E-state index contributed by atoms with van der Waals surface area (Å²) >= 11 is 18.3. The van der Waals surface area contributed by atoms with Gasteiger partial charge in [0.1, 0.15) is 23.7 Å². The van der Waals surface area contributed by atoms with E-state index in [2.05, 4.69) is 14.7 Å². The minimum atomic E-state index is -4.85. The van der Waals surface area contributed by atoms with Crippen LogP contribution in [0.5, 0.6) is 5.75 Å². The Morgan fingerprint density at radius 3 is 2.37 bits per heavy atom. The molecular formula is C23H18Cl3F3N2O3S. The van der Waals surface area contributed by atoms with Crippen molar-refractivity contribution in [1.29, 1.82) is 0 Å². The van der Waals surface area contributed by atoms with Crippen LogP contribution in [-0.4, -0.2) is 31.9 Å². The highest BCUT2D eigenvalue weighted by Gasteiger charge is 2.32. The zero-order chi connectivity index (χ0) is 25.9. The molecule has 5 nitrogen and oxygen atoms in total. The predicted molar refractivity (Wildman–Crippen MR) is 133 cm³/mol. The molecule has 0 aliphatic heterocycles. The van der Waals surface area contributed by atoms with Gasteiger partial charge in [-0.3, -0.25) is 4.21 Å². The van der Waals surface area contributed by atoms with E-state index in [1.165, 1.54) is 24.3 Å². The van der Waals surface area contributed by atoms with Gasteiger partial charge in [-0.1, -0.05) is 59.1 Å². The molecule has 186 valence electrons. The number of aliphatic hydroxyl groups is 1. The van der Waals surface area contributed by atoms with E-state index in [0.717, 1.165) is 10.5 Å². The molecule has 4 aromatic rings. The number of halogens is 6. The molecule has 0 bridgehead atoms. The van der Waals surface area contributed by atoms with Gasteiger partial charge in [-0.2, -0.15) is 0 Å². The summed E-state index contributed by atoms with van der Waals surface area (Å²) in [6, 6.07) is 12.5. The Kier molecular flexibility index (Phi) is 8.72. The van der Waals surface area contributed by atoms with Crippen molar-refractivity contribution < 1.29 is 27.2 Å². The van der Waals surface area contributed by atoms with E-state index < -0.39 is 22.9 Å². The maximum absolute atomic E-state index is 12.6. The lowest BCUT2D eigenvalue weighted by atomic mass is 10.0. The molecule has 12 heteroatoms. The molecule has 0 aliphatic rings. The van der Waals surface area contributed by atoms with Crippen molar-refractivity contribution in [1.82, 2.24) is 9.97 Å². The second-order valence-electron chi connectivity index (χ2n) is 7.19. The number of aromatic amines is 1. The van der Waals surface area contributed by atoms with Crippen molar-refractivity contribution in [2.45, 2.75) is 24.8 Å². The first-order valence-electron chi connectivity index (χ1n) is 9.83. The fraction of sp³-hybridized carbons (Fsp3) is 0.174. The molecule has 0 fully saturated rings. The van der Waals surface area contributed by atoms with Crippen LogP contribution >= 0.6 is 34.8 Å². The highest BCUT2D eigenvalue weighted by molar-refractivity contribution is 7.84. The van der Waals surface area contributed by atoms with Crippen molar-refractivity contribution in [3.05, 3.63) is 75.0 Å². The van der Waals surface area contributed by atoms with Gasteiger partial charge in [0.25, 0.3) is 0 Å². The zero-order valence-corrected chi connectivity index (χ0v) is 21.3. The van der Waals surface area contributed by atoms with Gasteiger partial charge < -0.3 is 14.8 Å². The first-order valence-corrected chi connectivity index (χ1v) is 12.5. The van der Waals surface area contributed by atoms with Gasteiger partial charge in [0.05, 0.1) is 15.6 Å². The van der Waals surface area contributed by atoms with E-state index in [-0.39, 0.29) is 33.6 Å². The molecule has 3 aromatic carbocycles. The topological polar surface area (TPSA) is 75.2 Å². The summed E-state index contributed by atoms with van der Waals surface area (Å²) < 4.78 is 52.8. The molecule has 2 N–H and O–H groups in total. The SMILES string of the molecule is Cc1ccc(S(C)=O)cc1Cl.OCc1nc2c(Cl)c(-c3ccccc3OC(F)(F)F)c(Cl)cc2[nH]1. The third-order valence-electron chi connectivity index (χ3n) is 4.73. The number of aromatic nitrogens is 2. The van der Waals surface area contributed by atoms with Gasteiger partial charge >= 0.3 is 6.36 Å². The Balaban J connectivity index is 0.000000261. The highest BCUT2D eigenvalue weighted by atomic mass is 35.5. The van der Waals surface area contributed by atoms with Crippen molar-refractivity contribution in [2.24, 2.45) is 0 Å². The predicted octanol–water partition coefficient (Wildman–Crippen LogP) is 7.31. The van der Waals surface area contributed by atoms with Gasteiger partial charge in [0, 0.05) is 38.1 Å². The van der Waals surface area contributed by atoms with E-state index >= 15 is 0 Å². The monoisotopic (exact) mass is 564 g/mol. The average molecular weight is 566 g/mol. The molecule has 0 aliphatic carbocycles. The van der Waals surface area contributed by atoms with Gasteiger partial charge in [-0.05, 0) is 36.8 Å². The molecule has 1 aromatic heterocycles. The smallest absolute Gasteiger partial charge is 0.405 e. The number of aryl methyl sites for hydroxylation is 1. The highest BCUT2D eigenvalue weighted by Crippen LogP contribution is 2.44. The molecule has 0 saturated carbocycles. The summed E-state index contributed by atoms with van der Waals surface area (Å²) in [5.74, 6) is -0.161. The second-order valence-corrected chi connectivity index (χ2v) is 9.77. The summed E-state index contributed by atoms with van der Waals surface area (Å²) in [7, 11) is -0.932. The normalized spacial score (nSPS) is 12.3. The minimum absolute atomic E-state index is 0.0617. The van der Waals surface area contributed by atoms with Crippen LogP contribution in [0.15, 0.2) is 53.4 Å². The third kappa shape index (κ3) is 6.68. The van der Waals surface area contributed by atoms with Crippen LogP contribution in [0.3, 0.4) is 0 Å². The molecular weight excluding hydrogens is 548 g/mol. The number of hydrogen-bond donors (Lipinski definition) is 2. The maximum atomic E-state index is 12.6. The lowest BCUT2D eigenvalue weighted by Gasteiger charge is -2.15. The molecule has 35 heavy (non-hydrogen) atoms. The molecule has 1 unspecified atom stereocenters. The van der Waals surface area contributed by atoms with Crippen LogP contribution in [0.25, 0.3) is 22.2 Å². The van der Waals surface area contributed by atoms with Crippen molar-refractivity contribution in [2.75, 3.05) is 6.26 Å². The molecule has 1 atom stereocenters. The second kappa shape index (κ2) is 11.2. The Morgan fingerprint density at radius 2 is 1.77 bits per heavy atom. The van der Waals surface area contributed by atoms with Crippen LogP contribution < -0.4 is 4.74 Å². The standard InChI is InChI=1S/C15H9Cl2F3N2O2.C8H9ClOS/c16-8-5-9-14(22-11(6-23)21-9)13(17)12(8)7-3-1-2-4-10(7)24-15(18,19)20;1-6-3-4-7(11(2)10)5-8(6)9/h1-5,23H,6H2,(H,21,22);3-5H,1-2H3. The minimum Gasteiger partial charge on any atom is -0.405 e. The van der Waals surface area contributed by atoms with Gasteiger partial charge in [-0.15, -0.1) is 13.2 Å². The maximum Gasteiger partial charge on any atom is 0.573 e. The first-order chi connectivity index (χ1) is 16.4. The van der Waals surface area contributed by atoms with Crippen LogP contribution in [0.2, 0.25) is 15.1 Å². The van der Waals surface area contributed by atoms with Crippen LogP contribution in [-0.2, 0) is 17.4 Å². The average Bonchev–Trinajstić information content (AvgIpc) is 3.19. The Morgan fingerprint density at radius 1 is 1.09 bits per heavy atom. The molecule has 0 saturated heterocycles. The van der Waals surface area contributed by atoms with Crippen LogP contribution in [0.4, 0.5) is 13.2 Å². The number of ether oxygens (including phenoxy) is 1. The summed E-state index contributed by atoms with van der Waals surface area (Å²) in [6.07, 6.45) is -3.21. The first kappa shape index (κ1) is 27.3. The van der Waals surface area contributed by atoms with Crippen molar-refractivity contribution in [3.8, 4) is 16.9 Å². The number of nitrogens with one attached hydrogen (secondary N) is 1. The number of nitrogens with zero attached hydrogens (tertiary/aromatic N) is 1. The Bertz CT molecular complexity index is 1390. The largest absolute Gasteiger partial charge is 0.573 e. The molecule has 1 heterocycles. The number of fused-ring (bicyclic) bond motifs is 1. The van der Waals surface area contributed by atoms with Crippen LogP contribution in [0, 0.1) is 6.92 Å². The van der Waals surface area contributed by atoms with E-state index in [1.54, 1.807) is 18.4 Å².